The van der Waals surface area contributed by atoms with Gasteiger partial charge in [-0.15, -0.1) is 0 Å². The molecule has 0 aliphatic carbocycles. The van der Waals surface area contributed by atoms with E-state index < -0.39 is 24.7 Å². The number of aromatic nitrogens is 2. The standard InChI is InChI=1S/C11H10ClF3N4OS/c1-5(10(20)16-4-11(13,14)15)17-8-6(12)2-3-7-9(8)19-21-18-7/h2-3,5,17H,4H2,1H3,(H,16,20). The smallest absolute Gasteiger partial charge is 0.371 e. The van der Waals surface area contributed by atoms with Crippen LogP contribution in [-0.2, 0) is 4.79 Å². The predicted molar refractivity (Wildman–Crippen MR) is 74.6 cm³/mol. The van der Waals surface area contributed by atoms with Crippen LogP contribution >= 0.6 is 23.3 Å². The van der Waals surface area contributed by atoms with E-state index >= 15 is 0 Å². The molecule has 1 heterocycles. The van der Waals surface area contributed by atoms with Gasteiger partial charge in [-0.1, -0.05) is 11.6 Å². The van der Waals surface area contributed by atoms with Crippen molar-refractivity contribution in [3.8, 4) is 0 Å². The van der Waals surface area contributed by atoms with Gasteiger partial charge in [-0.25, -0.2) is 0 Å². The van der Waals surface area contributed by atoms with E-state index in [1.807, 2.05) is 0 Å². The first-order chi connectivity index (χ1) is 9.78. The Morgan fingerprint density at radius 2 is 2.14 bits per heavy atom. The molecule has 114 valence electrons. The molecule has 2 rings (SSSR count). The SMILES string of the molecule is CC(Nc1c(Cl)ccc2nsnc12)C(=O)NCC(F)(F)F. The monoisotopic (exact) mass is 338 g/mol. The maximum Gasteiger partial charge on any atom is 0.405 e. The molecule has 0 radical (unpaired) electrons. The maximum absolute atomic E-state index is 12.1. The minimum absolute atomic E-state index is 0.311. The molecule has 21 heavy (non-hydrogen) atoms. The highest BCUT2D eigenvalue weighted by molar-refractivity contribution is 7.00. The number of hydrogen-bond acceptors (Lipinski definition) is 5. The zero-order chi connectivity index (χ0) is 15.6. The van der Waals surface area contributed by atoms with Gasteiger partial charge in [0.05, 0.1) is 22.4 Å². The number of nitrogens with one attached hydrogen (secondary N) is 2. The molecule has 0 spiro atoms. The van der Waals surface area contributed by atoms with Crippen molar-refractivity contribution in [2.45, 2.75) is 19.1 Å². The summed E-state index contributed by atoms with van der Waals surface area (Å²) >= 11 is 7.00. The summed E-state index contributed by atoms with van der Waals surface area (Å²) in [6, 6.07) is 2.34. The maximum atomic E-state index is 12.1. The summed E-state index contributed by atoms with van der Waals surface area (Å²) in [5.74, 6) is -0.788. The van der Waals surface area contributed by atoms with Crippen LogP contribution in [0.15, 0.2) is 12.1 Å². The minimum Gasteiger partial charge on any atom is -0.371 e. The minimum atomic E-state index is -4.45. The van der Waals surface area contributed by atoms with E-state index in [-0.39, 0.29) is 0 Å². The molecule has 5 nitrogen and oxygen atoms in total. The van der Waals surface area contributed by atoms with Crippen molar-refractivity contribution in [1.29, 1.82) is 0 Å². The molecule has 1 aromatic heterocycles. The Bertz CT molecular complexity index is 660. The predicted octanol–water partition coefficient (Wildman–Crippen LogP) is 2.82. The molecule has 0 saturated heterocycles. The number of alkyl halides is 3. The highest BCUT2D eigenvalue weighted by Crippen LogP contribution is 2.30. The average molecular weight is 339 g/mol. The Kier molecular flexibility index (Phi) is 4.52. The van der Waals surface area contributed by atoms with Crippen LogP contribution in [0.5, 0.6) is 0 Å². The Balaban J connectivity index is 2.11. The summed E-state index contributed by atoms with van der Waals surface area (Å²) < 4.78 is 44.3. The number of anilines is 1. The van der Waals surface area contributed by atoms with Gasteiger partial charge in [0.15, 0.2) is 0 Å². The molecule has 0 saturated carbocycles. The summed E-state index contributed by atoms with van der Waals surface area (Å²) in [5, 5.41) is 4.88. The quantitative estimate of drug-likeness (QED) is 0.899. The second-order valence-electron chi connectivity index (χ2n) is 4.25. The summed E-state index contributed by atoms with van der Waals surface area (Å²) in [4.78, 5) is 11.6. The molecule has 1 aromatic carbocycles. The number of carbonyl (C=O) groups is 1. The summed E-state index contributed by atoms with van der Waals surface area (Å²) in [5.41, 5.74) is 1.44. The number of nitrogens with zero attached hydrogens (tertiary/aromatic N) is 2. The highest BCUT2D eigenvalue weighted by Gasteiger charge is 2.29. The van der Waals surface area contributed by atoms with Crippen molar-refractivity contribution in [2.24, 2.45) is 0 Å². The molecular weight excluding hydrogens is 329 g/mol. The molecule has 0 fully saturated rings. The van der Waals surface area contributed by atoms with Crippen LogP contribution < -0.4 is 10.6 Å². The van der Waals surface area contributed by atoms with Gasteiger partial charge in [-0.3, -0.25) is 4.79 Å². The molecule has 0 bridgehead atoms. The summed E-state index contributed by atoms with van der Waals surface area (Å²) in [6.45, 7) is 0.0503. The number of fused-ring (bicyclic) bond motifs is 1. The van der Waals surface area contributed by atoms with E-state index in [9.17, 15) is 18.0 Å². The fourth-order valence-electron chi connectivity index (χ4n) is 1.59. The fraction of sp³-hybridized carbons (Fsp3) is 0.364. The van der Waals surface area contributed by atoms with E-state index in [4.69, 9.17) is 11.6 Å². The molecular formula is C11H10ClF3N4OS. The third kappa shape index (κ3) is 3.94. The second-order valence-corrected chi connectivity index (χ2v) is 5.19. The Morgan fingerprint density at radius 1 is 1.43 bits per heavy atom. The normalized spacial score (nSPS) is 13.2. The lowest BCUT2D eigenvalue weighted by Gasteiger charge is -2.17. The lowest BCUT2D eigenvalue weighted by molar-refractivity contribution is -0.138. The van der Waals surface area contributed by atoms with E-state index in [0.717, 1.165) is 11.7 Å². The van der Waals surface area contributed by atoms with Gasteiger partial charge < -0.3 is 10.6 Å². The fourth-order valence-corrected chi connectivity index (χ4v) is 2.34. The molecule has 0 aliphatic rings. The van der Waals surface area contributed by atoms with Gasteiger partial charge in [0, 0.05) is 0 Å². The van der Waals surface area contributed by atoms with Crippen molar-refractivity contribution in [3.63, 3.8) is 0 Å². The number of hydrogen-bond donors (Lipinski definition) is 2. The Morgan fingerprint density at radius 3 is 2.81 bits per heavy atom. The Labute approximate surface area is 126 Å². The van der Waals surface area contributed by atoms with Crippen LogP contribution in [0.2, 0.25) is 5.02 Å². The molecule has 2 N–H and O–H groups in total. The van der Waals surface area contributed by atoms with E-state index in [1.54, 1.807) is 17.4 Å². The van der Waals surface area contributed by atoms with Gasteiger partial charge in [-0.05, 0) is 19.1 Å². The number of benzene rings is 1. The van der Waals surface area contributed by atoms with Gasteiger partial charge >= 0.3 is 6.18 Å². The zero-order valence-electron chi connectivity index (χ0n) is 10.7. The van der Waals surface area contributed by atoms with E-state index in [0.29, 0.717) is 21.7 Å². The van der Waals surface area contributed by atoms with Crippen LogP contribution in [0.25, 0.3) is 11.0 Å². The molecule has 2 aromatic rings. The van der Waals surface area contributed by atoms with E-state index in [2.05, 4.69) is 14.1 Å². The van der Waals surface area contributed by atoms with Crippen LogP contribution in [0.4, 0.5) is 18.9 Å². The molecule has 1 unspecified atom stereocenters. The molecule has 1 atom stereocenters. The lowest BCUT2D eigenvalue weighted by Crippen LogP contribution is -2.42. The van der Waals surface area contributed by atoms with Crippen molar-refractivity contribution in [3.05, 3.63) is 17.2 Å². The highest BCUT2D eigenvalue weighted by atomic mass is 35.5. The summed E-state index contributed by atoms with van der Waals surface area (Å²) in [6.07, 6.45) is -4.45. The van der Waals surface area contributed by atoms with Crippen LogP contribution in [-0.4, -0.2) is 33.4 Å². The van der Waals surface area contributed by atoms with Gasteiger partial charge in [0.2, 0.25) is 5.91 Å². The zero-order valence-corrected chi connectivity index (χ0v) is 12.2. The van der Waals surface area contributed by atoms with Gasteiger partial charge in [0.25, 0.3) is 0 Å². The average Bonchev–Trinajstić information content (AvgIpc) is 2.86. The van der Waals surface area contributed by atoms with Crippen LogP contribution in [0.1, 0.15) is 6.92 Å². The first-order valence-corrected chi connectivity index (χ1v) is 6.90. The number of rotatable bonds is 4. The number of halogens is 4. The lowest BCUT2D eigenvalue weighted by atomic mass is 10.2. The second kappa shape index (κ2) is 6.02. The van der Waals surface area contributed by atoms with Crippen LogP contribution in [0.3, 0.4) is 0 Å². The van der Waals surface area contributed by atoms with Gasteiger partial charge in [-0.2, -0.15) is 21.9 Å². The largest absolute Gasteiger partial charge is 0.405 e. The molecule has 0 aliphatic heterocycles. The van der Waals surface area contributed by atoms with Crippen molar-refractivity contribution in [2.75, 3.05) is 11.9 Å². The van der Waals surface area contributed by atoms with Gasteiger partial charge in [0.1, 0.15) is 23.6 Å². The van der Waals surface area contributed by atoms with Crippen LogP contribution in [0, 0.1) is 0 Å². The third-order valence-electron chi connectivity index (χ3n) is 2.59. The topological polar surface area (TPSA) is 66.9 Å². The Hall–Kier alpha value is -1.61. The number of amides is 1. The molecule has 10 heteroatoms. The third-order valence-corrected chi connectivity index (χ3v) is 3.45. The van der Waals surface area contributed by atoms with Crippen molar-refractivity contribution < 1.29 is 18.0 Å². The van der Waals surface area contributed by atoms with E-state index in [1.165, 1.54) is 6.92 Å². The molecule has 1 amide bonds. The van der Waals surface area contributed by atoms with Crippen molar-refractivity contribution >= 4 is 46.0 Å². The first-order valence-electron chi connectivity index (χ1n) is 5.79. The summed E-state index contributed by atoms with van der Waals surface area (Å²) in [7, 11) is 0. The number of carbonyl (C=O) groups excluding carboxylic acids is 1. The van der Waals surface area contributed by atoms with Crippen molar-refractivity contribution in [1.82, 2.24) is 14.1 Å². The first kappa shape index (κ1) is 15.8.